The Kier molecular flexibility index (Phi) is 8.43. The summed E-state index contributed by atoms with van der Waals surface area (Å²) < 4.78 is 29.1. The van der Waals surface area contributed by atoms with Crippen LogP contribution in [0.3, 0.4) is 0 Å². The van der Waals surface area contributed by atoms with E-state index >= 15 is 0 Å². The molecule has 35 heavy (non-hydrogen) atoms. The number of likely N-dealkylation sites (tertiary alicyclic amines) is 1. The summed E-state index contributed by atoms with van der Waals surface area (Å²) in [5, 5.41) is 11.9. The largest absolute Gasteiger partial charge is 0.465 e. The summed E-state index contributed by atoms with van der Waals surface area (Å²) in [6, 6.07) is 12.1. The average Bonchev–Trinajstić information content (AvgIpc) is 3.22. The molecule has 2 aromatic carbocycles. The predicted octanol–water partition coefficient (Wildman–Crippen LogP) is 4.09. The van der Waals surface area contributed by atoms with E-state index in [-0.39, 0.29) is 37.7 Å². The normalized spacial score (nSPS) is 18.4. The first-order chi connectivity index (χ1) is 16.6. The van der Waals surface area contributed by atoms with Gasteiger partial charge < -0.3 is 20.2 Å². The Morgan fingerprint density at radius 2 is 1.83 bits per heavy atom. The van der Waals surface area contributed by atoms with Gasteiger partial charge in [-0.25, -0.2) is 13.6 Å². The fourth-order valence-corrected chi connectivity index (χ4v) is 4.25. The minimum atomic E-state index is -1.37. The second kappa shape index (κ2) is 11.3. The molecule has 2 N–H and O–H groups in total. The lowest BCUT2D eigenvalue weighted by Gasteiger charge is -2.27. The number of carbonyl (C=O) groups is 3. The molecule has 0 spiro atoms. The van der Waals surface area contributed by atoms with Gasteiger partial charge in [-0.3, -0.25) is 9.59 Å². The Labute approximate surface area is 203 Å². The van der Waals surface area contributed by atoms with Gasteiger partial charge in [0.15, 0.2) is 0 Å². The van der Waals surface area contributed by atoms with Crippen molar-refractivity contribution in [1.82, 2.24) is 15.1 Å². The van der Waals surface area contributed by atoms with Crippen molar-refractivity contribution in [2.24, 2.45) is 0 Å². The third-order valence-corrected chi connectivity index (χ3v) is 6.26. The summed E-state index contributed by atoms with van der Waals surface area (Å²) in [5.41, 5.74) is 1.81. The van der Waals surface area contributed by atoms with Gasteiger partial charge >= 0.3 is 6.09 Å². The van der Waals surface area contributed by atoms with E-state index in [9.17, 15) is 23.2 Å². The molecule has 3 rings (SSSR count). The number of alkyl halides is 1. The van der Waals surface area contributed by atoms with E-state index in [2.05, 4.69) is 5.32 Å². The maximum absolute atomic E-state index is 14.8. The topological polar surface area (TPSA) is 90.0 Å². The Balaban J connectivity index is 1.83. The highest BCUT2D eigenvalue weighted by molar-refractivity contribution is 5.89. The minimum absolute atomic E-state index is 0.00599. The van der Waals surface area contributed by atoms with Gasteiger partial charge in [-0.1, -0.05) is 56.3 Å². The van der Waals surface area contributed by atoms with Gasteiger partial charge in [-0.05, 0) is 28.7 Å². The van der Waals surface area contributed by atoms with Crippen LogP contribution in [0.2, 0.25) is 0 Å². The number of hydrogen-bond acceptors (Lipinski definition) is 3. The van der Waals surface area contributed by atoms with Crippen molar-refractivity contribution in [2.75, 3.05) is 20.1 Å². The molecule has 7 nitrogen and oxygen atoms in total. The summed E-state index contributed by atoms with van der Waals surface area (Å²) in [5.74, 6) is -1.43. The van der Waals surface area contributed by atoms with Crippen LogP contribution >= 0.6 is 0 Å². The molecule has 3 atom stereocenters. The van der Waals surface area contributed by atoms with Crippen LogP contribution in [0.5, 0.6) is 0 Å². The highest BCUT2D eigenvalue weighted by Crippen LogP contribution is 2.28. The molecule has 3 amide bonds. The standard InChI is InChI=1S/C26H31F2N3O4/c1-16(2)20-10-9-18(13-21(20)28)24(17-7-5-4-6-8-17)29-25(33)22-14-19(27)15-31(22)23(32)11-12-30(3)26(34)35/h4-10,13,16,19,22,24H,11-12,14-15H2,1-3H3,(H,29,33)(H,34,35)/t19-,22+,24+/m1/s1. The monoisotopic (exact) mass is 487 g/mol. The molecule has 0 radical (unpaired) electrons. The molecule has 2 aromatic rings. The lowest BCUT2D eigenvalue weighted by atomic mass is 9.94. The van der Waals surface area contributed by atoms with Gasteiger partial charge in [0, 0.05) is 26.4 Å². The van der Waals surface area contributed by atoms with Crippen LogP contribution in [0.1, 0.15) is 55.3 Å². The van der Waals surface area contributed by atoms with Gasteiger partial charge in [-0.15, -0.1) is 0 Å². The van der Waals surface area contributed by atoms with E-state index in [1.54, 1.807) is 36.4 Å². The lowest BCUT2D eigenvalue weighted by Crippen LogP contribution is -2.47. The van der Waals surface area contributed by atoms with Crippen LogP contribution in [0.4, 0.5) is 13.6 Å². The summed E-state index contributed by atoms with van der Waals surface area (Å²) in [7, 11) is 1.33. The molecular weight excluding hydrogens is 456 g/mol. The first kappa shape index (κ1) is 26.1. The molecule has 0 aliphatic carbocycles. The Bertz CT molecular complexity index is 1060. The lowest BCUT2D eigenvalue weighted by molar-refractivity contribution is -0.138. The van der Waals surface area contributed by atoms with Crippen LogP contribution < -0.4 is 5.32 Å². The van der Waals surface area contributed by atoms with Crippen molar-refractivity contribution in [3.05, 3.63) is 71.0 Å². The number of nitrogens with one attached hydrogen (secondary N) is 1. The third-order valence-electron chi connectivity index (χ3n) is 6.26. The fourth-order valence-electron chi connectivity index (χ4n) is 4.25. The highest BCUT2D eigenvalue weighted by Gasteiger charge is 2.40. The SMILES string of the molecule is CC(C)c1ccc([C@@H](NC(=O)[C@@H]2C[C@@H](F)CN2C(=O)CCN(C)C(=O)O)c2ccccc2)cc1F. The number of nitrogens with zero attached hydrogens (tertiary/aromatic N) is 2. The van der Waals surface area contributed by atoms with Crippen molar-refractivity contribution in [3.63, 3.8) is 0 Å². The highest BCUT2D eigenvalue weighted by atomic mass is 19.1. The summed E-state index contributed by atoms with van der Waals surface area (Å²) in [4.78, 5) is 39.1. The van der Waals surface area contributed by atoms with Gasteiger partial charge in [0.05, 0.1) is 12.6 Å². The van der Waals surface area contributed by atoms with Crippen LogP contribution in [0, 0.1) is 5.82 Å². The number of hydrogen-bond donors (Lipinski definition) is 2. The van der Waals surface area contributed by atoms with Crippen LogP contribution in [-0.4, -0.2) is 65.2 Å². The van der Waals surface area contributed by atoms with E-state index in [1.807, 2.05) is 19.9 Å². The van der Waals surface area contributed by atoms with E-state index in [4.69, 9.17) is 5.11 Å². The zero-order chi connectivity index (χ0) is 25.7. The second-order valence-corrected chi connectivity index (χ2v) is 9.14. The maximum atomic E-state index is 14.8. The zero-order valence-electron chi connectivity index (χ0n) is 20.1. The van der Waals surface area contributed by atoms with E-state index in [1.165, 1.54) is 18.0 Å². The van der Waals surface area contributed by atoms with Crippen LogP contribution in [0.15, 0.2) is 48.5 Å². The molecule has 9 heteroatoms. The quantitative estimate of drug-likeness (QED) is 0.587. The molecule has 1 aliphatic rings. The van der Waals surface area contributed by atoms with Crippen molar-refractivity contribution >= 4 is 17.9 Å². The summed E-state index contributed by atoms with van der Waals surface area (Å²) in [6.07, 6.45) is -2.87. The van der Waals surface area contributed by atoms with E-state index in [0.717, 1.165) is 4.90 Å². The first-order valence-corrected chi connectivity index (χ1v) is 11.6. The zero-order valence-corrected chi connectivity index (χ0v) is 20.1. The van der Waals surface area contributed by atoms with Gasteiger partial charge in [0.2, 0.25) is 11.8 Å². The van der Waals surface area contributed by atoms with E-state index < -0.39 is 36.2 Å². The van der Waals surface area contributed by atoms with Crippen LogP contribution in [0.25, 0.3) is 0 Å². The van der Waals surface area contributed by atoms with Gasteiger partial charge in [-0.2, -0.15) is 0 Å². The molecule has 1 aliphatic heterocycles. The number of halogens is 2. The molecule has 1 fully saturated rings. The molecule has 188 valence electrons. The van der Waals surface area contributed by atoms with Crippen LogP contribution in [-0.2, 0) is 9.59 Å². The number of rotatable bonds is 8. The van der Waals surface area contributed by atoms with Crippen molar-refractivity contribution in [2.45, 2.75) is 50.9 Å². The molecule has 1 saturated heterocycles. The average molecular weight is 488 g/mol. The number of carbonyl (C=O) groups excluding carboxylic acids is 2. The number of carboxylic acid groups (broad SMARTS) is 1. The fraction of sp³-hybridized carbons (Fsp3) is 0.423. The smallest absolute Gasteiger partial charge is 0.407 e. The molecule has 0 unspecified atom stereocenters. The summed E-state index contributed by atoms with van der Waals surface area (Å²) >= 11 is 0. The molecule has 1 heterocycles. The summed E-state index contributed by atoms with van der Waals surface area (Å²) in [6.45, 7) is 3.48. The Morgan fingerprint density at radius 3 is 2.43 bits per heavy atom. The molecule has 0 aromatic heterocycles. The minimum Gasteiger partial charge on any atom is -0.465 e. The maximum Gasteiger partial charge on any atom is 0.407 e. The van der Waals surface area contributed by atoms with Gasteiger partial charge in [0.1, 0.15) is 18.0 Å². The second-order valence-electron chi connectivity index (χ2n) is 9.14. The Hall–Kier alpha value is -3.49. The molecule has 0 bridgehead atoms. The van der Waals surface area contributed by atoms with Crippen molar-refractivity contribution < 1.29 is 28.3 Å². The third kappa shape index (κ3) is 6.35. The number of amides is 3. The Morgan fingerprint density at radius 1 is 1.14 bits per heavy atom. The van der Waals surface area contributed by atoms with Crippen molar-refractivity contribution in [1.29, 1.82) is 0 Å². The predicted molar refractivity (Wildman–Crippen MR) is 127 cm³/mol. The van der Waals surface area contributed by atoms with Crippen molar-refractivity contribution in [3.8, 4) is 0 Å². The number of benzene rings is 2. The van der Waals surface area contributed by atoms with E-state index in [0.29, 0.717) is 16.7 Å². The molecule has 0 saturated carbocycles. The first-order valence-electron chi connectivity index (χ1n) is 11.6. The van der Waals surface area contributed by atoms with Gasteiger partial charge in [0.25, 0.3) is 0 Å². The molecular formula is C26H31F2N3O4.